The van der Waals surface area contributed by atoms with Gasteiger partial charge in [-0.2, -0.15) is 0 Å². The van der Waals surface area contributed by atoms with Gasteiger partial charge < -0.3 is 5.73 Å². The molecule has 2 N–H and O–H groups in total. The second kappa shape index (κ2) is 3.68. The summed E-state index contributed by atoms with van der Waals surface area (Å²) in [5.41, 5.74) is 7.63. The SMILES string of the molecule is Cc1ccc(C(N)C(C)F)cc1. The van der Waals surface area contributed by atoms with Gasteiger partial charge in [0.1, 0.15) is 6.17 Å². The lowest BCUT2D eigenvalue weighted by atomic mass is 10.0. The topological polar surface area (TPSA) is 26.0 Å². The Morgan fingerprint density at radius 1 is 1.25 bits per heavy atom. The Morgan fingerprint density at radius 3 is 2.17 bits per heavy atom. The van der Waals surface area contributed by atoms with Crippen LogP contribution in [-0.4, -0.2) is 6.17 Å². The minimum absolute atomic E-state index is 0.495. The molecule has 0 aliphatic carbocycles. The first kappa shape index (κ1) is 9.20. The maximum absolute atomic E-state index is 12.8. The smallest absolute Gasteiger partial charge is 0.116 e. The Labute approximate surface area is 72.4 Å². The molecule has 66 valence electrons. The van der Waals surface area contributed by atoms with Gasteiger partial charge in [-0.25, -0.2) is 4.39 Å². The maximum Gasteiger partial charge on any atom is 0.116 e. The van der Waals surface area contributed by atoms with Crippen molar-refractivity contribution in [1.82, 2.24) is 0 Å². The van der Waals surface area contributed by atoms with Crippen molar-refractivity contribution < 1.29 is 4.39 Å². The van der Waals surface area contributed by atoms with Gasteiger partial charge in [0.25, 0.3) is 0 Å². The second-order valence-electron chi connectivity index (χ2n) is 3.11. The number of halogens is 1. The molecule has 1 aromatic rings. The fraction of sp³-hybridized carbons (Fsp3) is 0.400. The standard InChI is InChI=1S/C10H14FN/c1-7-3-5-9(6-4-7)10(12)8(2)11/h3-6,8,10H,12H2,1-2H3. The van der Waals surface area contributed by atoms with Gasteiger partial charge in [0.05, 0.1) is 6.04 Å². The summed E-state index contributed by atoms with van der Waals surface area (Å²) in [6, 6.07) is 7.13. The summed E-state index contributed by atoms with van der Waals surface area (Å²) in [5.74, 6) is 0. The Balaban J connectivity index is 2.82. The van der Waals surface area contributed by atoms with Crippen molar-refractivity contribution in [2.75, 3.05) is 0 Å². The molecule has 0 saturated heterocycles. The number of alkyl halides is 1. The summed E-state index contributed by atoms with van der Waals surface area (Å²) in [6.45, 7) is 3.47. The lowest BCUT2D eigenvalue weighted by Gasteiger charge is -2.12. The average Bonchev–Trinajstić information content (AvgIpc) is 2.04. The van der Waals surface area contributed by atoms with Gasteiger partial charge in [-0.15, -0.1) is 0 Å². The number of benzene rings is 1. The molecule has 0 heterocycles. The van der Waals surface area contributed by atoms with Crippen molar-refractivity contribution in [3.05, 3.63) is 35.4 Å². The molecule has 1 nitrogen and oxygen atoms in total. The molecule has 0 aliphatic rings. The minimum atomic E-state index is -0.993. The second-order valence-corrected chi connectivity index (χ2v) is 3.11. The minimum Gasteiger partial charge on any atom is -0.322 e. The monoisotopic (exact) mass is 167 g/mol. The normalized spacial score (nSPS) is 15.7. The molecule has 0 amide bonds. The zero-order valence-corrected chi connectivity index (χ0v) is 7.42. The molecule has 0 bridgehead atoms. The molecule has 0 radical (unpaired) electrons. The molecular formula is C10H14FN. The first-order valence-electron chi connectivity index (χ1n) is 4.07. The van der Waals surface area contributed by atoms with E-state index in [1.54, 1.807) is 0 Å². The van der Waals surface area contributed by atoms with E-state index in [4.69, 9.17) is 5.73 Å². The van der Waals surface area contributed by atoms with Crippen LogP contribution in [0.1, 0.15) is 24.1 Å². The molecule has 1 aromatic carbocycles. The van der Waals surface area contributed by atoms with E-state index >= 15 is 0 Å². The first-order chi connectivity index (χ1) is 5.61. The van der Waals surface area contributed by atoms with Crippen LogP contribution in [0.3, 0.4) is 0 Å². The third-order valence-electron chi connectivity index (χ3n) is 1.96. The highest BCUT2D eigenvalue weighted by Crippen LogP contribution is 2.16. The van der Waals surface area contributed by atoms with Crippen molar-refractivity contribution in [2.45, 2.75) is 26.1 Å². The van der Waals surface area contributed by atoms with E-state index in [2.05, 4.69) is 0 Å². The Bertz CT molecular complexity index is 241. The van der Waals surface area contributed by atoms with Crippen molar-refractivity contribution in [3.8, 4) is 0 Å². The largest absolute Gasteiger partial charge is 0.322 e. The quantitative estimate of drug-likeness (QED) is 0.719. The number of nitrogens with two attached hydrogens (primary N) is 1. The molecule has 0 saturated carbocycles. The molecule has 1 rings (SSSR count). The van der Waals surface area contributed by atoms with Crippen LogP contribution >= 0.6 is 0 Å². The van der Waals surface area contributed by atoms with E-state index in [1.807, 2.05) is 31.2 Å². The highest BCUT2D eigenvalue weighted by molar-refractivity contribution is 5.24. The number of aryl methyl sites for hydroxylation is 1. The van der Waals surface area contributed by atoms with E-state index in [0.717, 1.165) is 11.1 Å². The van der Waals surface area contributed by atoms with Gasteiger partial charge >= 0.3 is 0 Å². The van der Waals surface area contributed by atoms with Crippen LogP contribution in [-0.2, 0) is 0 Å². The average molecular weight is 167 g/mol. The summed E-state index contributed by atoms with van der Waals surface area (Å²) in [6.07, 6.45) is -0.993. The van der Waals surface area contributed by atoms with Crippen molar-refractivity contribution in [2.24, 2.45) is 5.73 Å². The lowest BCUT2D eigenvalue weighted by Crippen LogP contribution is -2.19. The van der Waals surface area contributed by atoms with Gasteiger partial charge in [0, 0.05) is 0 Å². The summed E-state index contributed by atoms with van der Waals surface area (Å²) in [7, 11) is 0. The predicted molar refractivity (Wildman–Crippen MR) is 48.7 cm³/mol. The summed E-state index contributed by atoms with van der Waals surface area (Å²) < 4.78 is 12.8. The van der Waals surface area contributed by atoms with Crippen molar-refractivity contribution in [3.63, 3.8) is 0 Å². The molecule has 2 heteroatoms. The van der Waals surface area contributed by atoms with Crippen LogP contribution in [0.2, 0.25) is 0 Å². The van der Waals surface area contributed by atoms with Gasteiger partial charge in [0.15, 0.2) is 0 Å². The number of rotatable bonds is 2. The van der Waals surface area contributed by atoms with Gasteiger partial charge in [-0.05, 0) is 19.4 Å². The van der Waals surface area contributed by atoms with E-state index in [1.165, 1.54) is 6.92 Å². The summed E-state index contributed by atoms with van der Waals surface area (Å²) >= 11 is 0. The third kappa shape index (κ3) is 2.05. The molecule has 2 unspecified atom stereocenters. The number of hydrogen-bond acceptors (Lipinski definition) is 1. The zero-order chi connectivity index (χ0) is 9.14. The molecule has 0 spiro atoms. The van der Waals surface area contributed by atoms with Crippen LogP contribution in [0.25, 0.3) is 0 Å². The van der Waals surface area contributed by atoms with Crippen LogP contribution in [0, 0.1) is 6.92 Å². The van der Waals surface area contributed by atoms with Gasteiger partial charge in [0.2, 0.25) is 0 Å². The van der Waals surface area contributed by atoms with Gasteiger partial charge in [-0.1, -0.05) is 29.8 Å². The Morgan fingerprint density at radius 2 is 1.75 bits per heavy atom. The molecular weight excluding hydrogens is 153 g/mol. The fourth-order valence-corrected chi connectivity index (χ4v) is 1.05. The molecule has 0 aromatic heterocycles. The highest BCUT2D eigenvalue weighted by Gasteiger charge is 2.12. The summed E-state index contributed by atoms with van der Waals surface area (Å²) in [4.78, 5) is 0. The highest BCUT2D eigenvalue weighted by atomic mass is 19.1. The van der Waals surface area contributed by atoms with Crippen molar-refractivity contribution in [1.29, 1.82) is 0 Å². The Kier molecular flexibility index (Phi) is 2.82. The zero-order valence-electron chi connectivity index (χ0n) is 7.42. The van der Waals surface area contributed by atoms with Crippen molar-refractivity contribution >= 4 is 0 Å². The van der Waals surface area contributed by atoms with Crippen LogP contribution in [0.5, 0.6) is 0 Å². The van der Waals surface area contributed by atoms with E-state index in [0.29, 0.717) is 0 Å². The van der Waals surface area contributed by atoms with E-state index in [9.17, 15) is 4.39 Å². The first-order valence-corrected chi connectivity index (χ1v) is 4.07. The van der Waals surface area contributed by atoms with E-state index in [-0.39, 0.29) is 0 Å². The fourth-order valence-electron chi connectivity index (χ4n) is 1.05. The van der Waals surface area contributed by atoms with Crippen LogP contribution < -0.4 is 5.73 Å². The predicted octanol–water partition coefficient (Wildman–Crippen LogP) is 2.35. The number of hydrogen-bond donors (Lipinski definition) is 1. The maximum atomic E-state index is 12.8. The molecule has 0 aliphatic heterocycles. The molecule has 0 fully saturated rings. The lowest BCUT2D eigenvalue weighted by molar-refractivity contribution is 0.309. The van der Waals surface area contributed by atoms with E-state index < -0.39 is 12.2 Å². The third-order valence-corrected chi connectivity index (χ3v) is 1.96. The van der Waals surface area contributed by atoms with Crippen LogP contribution in [0.15, 0.2) is 24.3 Å². The Hall–Kier alpha value is -0.890. The molecule has 12 heavy (non-hydrogen) atoms. The molecule has 2 atom stereocenters. The van der Waals surface area contributed by atoms with Gasteiger partial charge in [-0.3, -0.25) is 0 Å². The summed E-state index contributed by atoms with van der Waals surface area (Å²) in [5, 5.41) is 0. The van der Waals surface area contributed by atoms with Crippen LogP contribution in [0.4, 0.5) is 4.39 Å².